The molecule has 228 valence electrons. The van der Waals surface area contributed by atoms with Gasteiger partial charge >= 0.3 is 11.9 Å². The van der Waals surface area contributed by atoms with Gasteiger partial charge in [-0.2, -0.15) is 0 Å². The number of phenols is 1. The lowest BCUT2D eigenvalue weighted by molar-refractivity contribution is -0.142. The number of amides is 3. The van der Waals surface area contributed by atoms with Gasteiger partial charge in [0, 0.05) is 13.0 Å². The van der Waals surface area contributed by atoms with Crippen molar-refractivity contribution in [2.45, 2.75) is 69.1 Å². The molecule has 1 aromatic rings. The van der Waals surface area contributed by atoms with Gasteiger partial charge in [0.2, 0.25) is 17.7 Å². The number of nitrogens with two attached hydrogens (primary N) is 4. The second-order valence-electron chi connectivity index (χ2n) is 9.33. The van der Waals surface area contributed by atoms with E-state index in [-0.39, 0.29) is 43.9 Å². The van der Waals surface area contributed by atoms with Crippen LogP contribution >= 0.6 is 0 Å². The molecule has 0 spiro atoms. The number of aliphatic carboxylic acids is 2. The normalized spacial score (nSPS) is 13.6. The molecule has 0 bridgehead atoms. The summed E-state index contributed by atoms with van der Waals surface area (Å²) in [6.45, 7) is 0.469. The van der Waals surface area contributed by atoms with Gasteiger partial charge in [-0.1, -0.05) is 12.1 Å². The first kappa shape index (κ1) is 34.6. The summed E-state index contributed by atoms with van der Waals surface area (Å²) in [4.78, 5) is 65.5. The summed E-state index contributed by atoms with van der Waals surface area (Å²) in [5, 5.41) is 35.5. The van der Waals surface area contributed by atoms with Gasteiger partial charge in [-0.15, -0.1) is 0 Å². The van der Waals surface area contributed by atoms with E-state index in [1.165, 1.54) is 24.3 Å². The average molecular weight is 581 g/mol. The standard InChI is InChI=1S/C25H40N8O8/c26-10-2-1-4-17(31-21(37)16(27)13-20(35)36)22(38)33-19(12-14-6-8-15(34)9-7-14)23(39)32-18(24(40)41)5-3-11-30-25(28)29/h6-9,16-19,34H,1-5,10-13,26-27H2,(H,31,37)(H,32,39)(H,33,38)(H,35,36)(H,40,41)(H4,28,29,30). The molecule has 0 saturated heterocycles. The zero-order chi connectivity index (χ0) is 30.9. The summed E-state index contributed by atoms with van der Waals surface area (Å²) in [6.07, 6.45) is 0.569. The third-order valence-electron chi connectivity index (χ3n) is 5.88. The van der Waals surface area contributed by atoms with Crippen molar-refractivity contribution in [2.75, 3.05) is 13.1 Å². The third kappa shape index (κ3) is 14.0. The Kier molecular flexibility index (Phi) is 15.2. The number of guanidine groups is 1. The van der Waals surface area contributed by atoms with E-state index in [4.69, 9.17) is 28.0 Å². The van der Waals surface area contributed by atoms with E-state index >= 15 is 0 Å². The van der Waals surface area contributed by atoms with E-state index in [0.29, 0.717) is 24.9 Å². The van der Waals surface area contributed by atoms with Crippen molar-refractivity contribution in [3.63, 3.8) is 0 Å². The summed E-state index contributed by atoms with van der Waals surface area (Å²) in [7, 11) is 0. The zero-order valence-corrected chi connectivity index (χ0v) is 22.6. The number of hydrogen-bond donors (Lipinski definition) is 10. The molecule has 3 amide bonds. The number of hydrogen-bond acceptors (Lipinski definition) is 9. The van der Waals surface area contributed by atoms with E-state index in [0.717, 1.165) is 0 Å². The van der Waals surface area contributed by atoms with Gasteiger partial charge in [-0.05, 0) is 56.3 Å². The zero-order valence-electron chi connectivity index (χ0n) is 22.6. The van der Waals surface area contributed by atoms with Crippen LogP contribution in [0, 0.1) is 0 Å². The molecule has 4 unspecified atom stereocenters. The third-order valence-corrected chi connectivity index (χ3v) is 5.88. The van der Waals surface area contributed by atoms with Crippen LogP contribution in [0.25, 0.3) is 0 Å². The number of carboxylic acids is 2. The number of phenolic OH excluding ortho intramolecular Hbond substituents is 1. The number of nitrogens with zero attached hydrogens (tertiary/aromatic N) is 1. The van der Waals surface area contributed by atoms with Crippen LogP contribution in [0.15, 0.2) is 29.3 Å². The molecule has 0 fully saturated rings. The van der Waals surface area contributed by atoms with Crippen LogP contribution in [0.1, 0.15) is 44.1 Å². The predicted molar refractivity (Wildman–Crippen MR) is 148 cm³/mol. The Bertz CT molecular complexity index is 1060. The van der Waals surface area contributed by atoms with E-state index in [2.05, 4.69) is 20.9 Å². The number of rotatable bonds is 19. The van der Waals surface area contributed by atoms with Crippen LogP contribution in [-0.2, 0) is 30.4 Å². The number of carboxylic acid groups (broad SMARTS) is 2. The fraction of sp³-hybridized carbons (Fsp3) is 0.520. The highest BCUT2D eigenvalue weighted by molar-refractivity contribution is 5.94. The van der Waals surface area contributed by atoms with Crippen LogP contribution in [0.4, 0.5) is 0 Å². The minimum atomic E-state index is -1.41. The van der Waals surface area contributed by atoms with Crippen molar-refractivity contribution in [1.82, 2.24) is 16.0 Å². The number of carbonyl (C=O) groups is 5. The summed E-state index contributed by atoms with van der Waals surface area (Å²) in [5.41, 5.74) is 22.2. The van der Waals surface area contributed by atoms with E-state index in [1.54, 1.807) is 0 Å². The lowest BCUT2D eigenvalue weighted by Crippen LogP contribution is -2.57. The van der Waals surface area contributed by atoms with E-state index < -0.39 is 60.2 Å². The van der Waals surface area contributed by atoms with Crippen molar-refractivity contribution in [1.29, 1.82) is 0 Å². The van der Waals surface area contributed by atoms with Crippen LogP contribution in [0.3, 0.4) is 0 Å². The van der Waals surface area contributed by atoms with Gasteiger partial charge in [0.1, 0.15) is 23.9 Å². The SMILES string of the molecule is NCCCCC(NC(=O)C(N)CC(=O)O)C(=O)NC(Cc1ccc(O)cc1)C(=O)NC(CCCN=C(N)N)C(=O)O. The second-order valence-corrected chi connectivity index (χ2v) is 9.33. The molecule has 0 radical (unpaired) electrons. The monoisotopic (exact) mass is 580 g/mol. The van der Waals surface area contributed by atoms with Crippen molar-refractivity contribution in [3.8, 4) is 5.75 Å². The second kappa shape index (κ2) is 18.0. The quantitative estimate of drug-likeness (QED) is 0.0460. The lowest BCUT2D eigenvalue weighted by Gasteiger charge is -2.25. The molecule has 0 aliphatic carbocycles. The molecule has 16 nitrogen and oxygen atoms in total. The van der Waals surface area contributed by atoms with Gasteiger partial charge in [-0.25, -0.2) is 4.79 Å². The summed E-state index contributed by atoms with van der Waals surface area (Å²) < 4.78 is 0. The number of nitrogens with one attached hydrogen (secondary N) is 3. The first-order valence-electron chi connectivity index (χ1n) is 13.0. The van der Waals surface area contributed by atoms with Gasteiger partial charge in [0.25, 0.3) is 0 Å². The van der Waals surface area contributed by atoms with Crippen molar-refractivity contribution in [3.05, 3.63) is 29.8 Å². The summed E-state index contributed by atoms with van der Waals surface area (Å²) >= 11 is 0. The largest absolute Gasteiger partial charge is 0.508 e. The molecule has 0 aliphatic rings. The molecular weight excluding hydrogens is 540 g/mol. The molecule has 16 heteroatoms. The molecule has 0 heterocycles. The Balaban J connectivity index is 3.14. The molecule has 41 heavy (non-hydrogen) atoms. The van der Waals surface area contributed by atoms with Crippen molar-refractivity contribution < 1.29 is 39.3 Å². The molecule has 1 aromatic carbocycles. The highest BCUT2D eigenvalue weighted by Crippen LogP contribution is 2.13. The Morgan fingerprint density at radius 3 is 1.93 bits per heavy atom. The minimum absolute atomic E-state index is 0.00301. The van der Waals surface area contributed by atoms with Gasteiger partial charge < -0.3 is 54.2 Å². The smallest absolute Gasteiger partial charge is 0.326 e. The number of aromatic hydroxyl groups is 1. The van der Waals surface area contributed by atoms with Crippen LogP contribution in [-0.4, -0.2) is 88.2 Å². The fourth-order valence-electron chi connectivity index (χ4n) is 3.70. The molecule has 0 aliphatic heterocycles. The maximum absolute atomic E-state index is 13.3. The Hall–Kier alpha value is -4.44. The molecule has 4 atom stereocenters. The molecule has 14 N–H and O–H groups in total. The maximum Gasteiger partial charge on any atom is 0.326 e. The highest BCUT2D eigenvalue weighted by atomic mass is 16.4. The van der Waals surface area contributed by atoms with Crippen LogP contribution < -0.4 is 38.9 Å². The fourth-order valence-corrected chi connectivity index (χ4v) is 3.70. The molecular formula is C25H40N8O8. The molecule has 0 saturated carbocycles. The van der Waals surface area contributed by atoms with Crippen LogP contribution in [0.5, 0.6) is 5.75 Å². The molecule has 0 aromatic heterocycles. The number of carbonyl (C=O) groups excluding carboxylic acids is 3. The topological polar surface area (TPSA) is 299 Å². The molecule has 1 rings (SSSR count). The Morgan fingerprint density at radius 1 is 0.805 bits per heavy atom. The summed E-state index contributed by atoms with van der Waals surface area (Å²) in [5.74, 6) is -5.23. The Morgan fingerprint density at radius 2 is 1.37 bits per heavy atom. The number of aliphatic imine (C=N–C) groups is 1. The number of benzene rings is 1. The van der Waals surface area contributed by atoms with Crippen molar-refractivity contribution in [2.24, 2.45) is 27.9 Å². The minimum Gasteiger partial charge on any atom is -0.508 e. The van der Waals surface area contributed by atoms with Gasteiger partial charge in [0.05, 0.1) is 12.5 Å². The number of unbranched alkanes of at least 4 members (excludes halogenated alkanes) is 1. The van der Waals surface area contributed by atoms with Gasteiger partial charge in [0.15, 0.2) is 5.96 Å². The maximum atomic E-state index is 13.3. The van der Waals surface area contributed by atoms with E-state index in [9.17, 15) is 34.2 Å². The predicted octanol–water partition coefficient (Wildman–Crippen LogP) is -2.54. The van der Waals surface area contributed by atoms with E-state index in [1.807, 2.05) is 0 Å². The lowest BCUT2D eigenvalue weighted by atomic mass is 10.0. The Labute approximate surface area is 236 Å². The van der Waals surface area contributed by atoms with Gasteiger partial charge in [-0.3, -0.25) is 24.2 Å². The van der Waals surface area contributed by atoms with Crippen molar-refractivity contribution >= 4 is 35.6 Å². The summed E-state index contributed by atoms with van der Waals surface area (Å²) in [6, 6.07) is 0.625. The van der Waals surface area contributed by atoms with Crippen LogP contribution in [0.2, 0.25) is 0 Å². The highest BCUT2D eigenvalue weighted by Gasteiger charge is 2.30. The first-order chi connectivity index (χ1) is 19.3. The average Bonchev–Trinajstić information content (AvgIpc) is 2.89. The first-order valence-corrected chi connectivity index (χ1v) is 13.0.